The predicted molar refractivity (Wildman–Crippen MR) is 47.5 cm³/mol. The van der Waals surface area contributed by atoms with Crippen molar-refractivity contribution in [1.82, 2.24) is 5.32 Å². The number of hydrogen-bond donors (Lipinski definition) is 3. The Hall–Kier alpha value is -1.30. The molecule has 0 saturated heterocycles. The van der Waals surface area contributed by atoms with Crippen LogP contribution in [0.1, 0.15) is 6.92 Å². The highest BCUT2D eigenvalue weighted by Gasteiger charge is 2.08. The van der Waals surface area contributed by atoms with Gasteiger partial charge in [0.15, 0.2) is 0 Å². The van der Waals surface area contributed by atoms with Crippen LogP contribution in [0.15, 0.2) is 5.16 Å². The Morgan fingerprint density at radius 2 is 2.38 bits per heavy atom. The minimum atomic E-state index is -0.222. The summed E-state index contributed by atoms with van der Waals surface area (Å²) in [5, 5.41) is 13.7. The van der Waals surface area contributed by atoms with Gasteiger partial charge in [0.2, 0.25) is 5.91 Å². The van der Waals surface area contributed by atoms with Crippen molar-refractivity contribution < 1.29 is 14.7 Å². The van der Waals surface area contributed by atoms with Gasteiger partial charge in [-0.15, -0.1) is 0 Å². The number of rotatable bonds is 5. The summed E-state index contributed by atoms with van der Waals surface area (Å²) in [6.45, 7) is 2.09. The Labute approximate surface area is 76.7 Å². The molecule has 0 aliphatic rings. The highest BCUT2D eigenvalue weighted by molar-refractivity contribution is 5.83. The van der Waals surface area contributed by atoms with E-state index in [9.17, 15) is 4.79 Å². The molecule has 1 amide bonds. The van der Waals surface area contributed by atoms with Crippen molar-refractivity contribution in [2.24, 2.45) is 16.8 Å². The fourth-order valence-corrected chi connectivity index (χ4v) is 0.652. The minimum absolute atomic E-state index is 0.0168. The number of methoxy groups -OCH3 is 1. The second-order valence-corrected chi connectivity index (χ2v) is 2.66. The monoisotopic (exact) mass is 189 g/mol. The lowest BCUT2D eigenvalue weighted by atomic mass is 10.1. The molecule has 0 radical (unpaired) electrons. The molecule has 0 aliphatic heterocycles. The van der Waals surface area contributed by atoms with Crippen molar-refractivity contribution >= 4 is 11.7 Å². The minimum Gasteiger partial charge on any atom is -0.409 e. The molecule has 1 atom stereocenters. The lowest BCUT2D eigenvalue weighted by molar-refractivity contribution is -0.124. The number of nitrogens with zero attached hydrogens (tertiary/aromatic N) is 1. The molecule has 6 nitrogen and oxygen atoms in total. The van der Waals surface area contributed by atoms with Crippen molar-refractivity contribution in [3.8, 4) is 0 Å². The normalized spacial score (nSPS) is 13.8. The van der Waals surface area contributed by atoms with E-state index in [0.29, 0.717) is 6.54 Å². The maximum atomic E-state index is 10.9. The van der Waals surface area contributed by atoms with Crippen molar-refractivity contribution in [1.29, 1.82) is 0 Å². The maximum Gasteiger partial charge on any atom is 0.246 e. The highest BCUT2D eigenvalue weighted by atomic mass is 16.5. The summed E-state index contributed by atoms with van der Waals surface area (Å²) in [6, 6.07) is 0. The van der Waals surface area contributed by atoms with Gasteiger partial charge in [0.25, 0.3) is 0 Å². The number of ether oxygens (including phenoxy) is 1. The summed E-state index contributed by atoms with van der Waals surface area (Å²) in [5.74, 6) is -0.316. The average Bonchev–Trinajstić information content (AvgIpc) is 2.13. The number of carbonyl (C=O) groups is 1. The number of carbonyl (C=O) groups excluding carboxylic acids is 1. The predicted octanol–water partition coefficient (Wildman–Crippen LogP) is -0.868. The van der Waals surface area contributed by atoms with E-state index in [-0.39, 0.29) is 24.3 Å². The van der Waals surface area contributed by atoms with Gasteiger partial charge in [-0.2, -0.15) is 0 Å². The number of amidine groups is 1. The second-order valence-electron chi connectivity index (χ2n) is 2.66. The molecular weight excluding hydrogens is 174 g/mol. The first-order chi connectivity index (χ1) is 6.11. The number of hydrogen-bond acceptors (Lipinski definition) is 4. The zero-order chi connectivity index (χ0) is 10.3. The molecule has 0 bridgehead atoms. The first-order valence-corrected chi connectivity index (χ1v) is 3.84. The van der Waals surface area contributed by atoms with Crippen LogP contribution in [0.25, 0.3) is 0 Å². The molecule has 1 unspecified atom stereocenters. The van der Waals surface area contributed by atoms with Crippen LogP contribution in [0.2, 0.25) is 0 Å². The molecule has 0 fully saturated rings. The quantitative estimate of drug-likeness (QED) is 0.227. The van der Waals surface area contributed by atoms with Crippen LogP contribution in [0.4, 0.5) is 0 Å². The molecule has 0 saturated carbocycles. The molecule has 0 aromatic carbocycles. The van der Waals surface area contributed by atoms with Gasteiger partial charge in [-0.25, -0.2) is 0 Å². The SMILES string of the molecule is COCC(=O)NCC(C)C(N)=NO. The summed E-state index contributed by atoms with van der Waals surface area (Å²) in [6.07, 6.45) is 0. The van der Waals surface area contributed by atoms with E-state index in [1.54, 1.807) is 6.92 Å². The summed E-state index contributed by atoms with van der Waals surface area (Å²) in [7, 11) is 1.44. The lowest BCUT2D eigenvalue weighted by Crippen LogP contribution is -2.36. The van der Waals surface area contributed by atoms with Crippen molar-refractivity contribution in [3.05, 3.63) is 0 Å². The van der Waals surface area contributed by atoms with Gasteiger partial charge in [0.05, 0.1) is 0 Å². The Bertz CT molecular complexity index is 193. The van der Waals surface area contributed by atoms with Gasteiger partial charge in [-0.1, -0.05) is 12.1 Å². The lowest BCUT2D eigenvalue weighted by Gasteiger charge is -2.10. The third kappa shape index (κ3) is 5.02. The van der Waals surface area contributed by atoms with E-state index in [0.717, 1.165) is 0 Å². The smallest absolute Gasteiger partial charge is 0.246 e. The van der Waals surface area contributed by atoms with Crippen LogP contribution in [0.5, 0.6) is 0 Å². The zero-order valence-corrected chi connectivity index (χ0v) is 7.78. The number of amides is 1. The Balaban J connectivity index is 3.70. The van der Waals surface area contributed by atoms with Gasteiger partial charge < -0.3 is 21.0 Å². The second kappa shape index (κ2) is 6.24. The molecule has 4 N–H and O–H groups in total. The van der Waals surface area contributed by atoms with Crippen molar-refractivity contribution in [2.75, 3.05) is 20.3 Å². The van der Waals surface area contributed by atoms with E-state index >= 15 is 0 Å². The van der Waals surface area contributed by atoms with Crippen LogP contribution in [-0.4, -0.2) is 37.2 Å². The van der Waals surface area contributed by atoms with Gasteiger partial charge >= 0.3 is 0 Å². The maximum absolute atomic E-state index is 10.9. The number of nitrogens with one attached hydrogen (secondary N) is 1. The van der Waals surface area contributed by atoms with E-state index < -0.39 is 0 Å². The standard InChI is InChI=1S/C7H15N3O3/c1-5(7(8)10-12)3-9-6(11)4-13-2/h5,12H,3-4H2,1-2H3,(H2,8,10)(H,9,11). The summed E-state index contributed by atoms with van der Waals surface area (Å²) >= 11 is 0. The Morgan fingerprint density at radius 3 is 2.85 bits per heavy atom. The Morgan fingerprint density at radius 1 is 1.77 bits per heavy atom. The van der Waals surface area contributed by atoms with Gasteiger partial charge in [-0.05, 0) is 0 Å². The third-order valence-electron chi connectivity index (χ3n) is 1.50. The van der Waals surface area contributed by atoms with E-state index in [4.69, 9.17) is 10.9 Å². The third-order valence-corrected chi connectivity index (χ3v) is 1.50. The van der Waals surface area contributed by atoms with Crippen LogP contribution >= 0.6 is 0 Å². The first kappa shape index (κ1) is 11.7. The van der Waals surface area contributed by atoms with Crippen molar-refractivity contribution in [3.63, 3.8) is 0 Å². The van der Waals surface area contributed by atoms with E-state index in [1.807, 2.05) is 0 Å². The average molecular weight is 189 g/mol. The molecule has 76 valence electrons. The topological polar surface area (TPSA) is 96.9 Å². The number of nitrogens with two attached hydrogens (primary N) is 1. The summed E-state index contributed by atoms with van der Waals surface area (Å²) in [5.41, 5.74) is 5.29. The highest BCUT2D eigenvalue weighted by Crippen LogP contribution is 1.91. The van der Waals surface area contributed by atoms with Crippen LogP contribution < -0.4 is 11.1 Å². The molecule has 0 aromatic heterocycles. The zero-order valence-electron chi connectivity index (χ0n) is 7.78. The van der Waals surface area contributed by atoms with Crippen molar-refractivity contribution in [2.45, 2.75) is 6.92 Å². The van der Waals surface area contributed by atoms with E-state index in [1.165, 1.54) is 7.11 Å². The number of oxime groups is 1. The molecule has 0 rings (SSSR count). The van der Waals surface area contributed by atoms with Crippen LogP contribution in [0, 0.1) is 5.92 Å². The molecule has 6 heteroatoms. The molecule has 0 heterocycles. The fraction of sp³-hybridized carbons (Fsp3) is 0.714. The Kier molecular flexibility index (Phi) is 5.62. The van der Waals surface area contributed by atoms with Gasteiger partial charge in [0.1, 0.15) is 12.4 Å². The van der Waals surface area contributed by atoms with Gasteiger partial charge in [-0.3, -0.25) is 4.79 Å². The molecule has 0 spiro atoms. The largest absolute Gasteiger partial charge is 0.409 e. The molecule has 13 heavy (non-hydrogen) atoms. The molecular formula is C7H15N3O3. The van der Waals surface area contributed by atoms with Crippen LogP contribution in [0.3, 0.4) is 0 Å². The van der Waals surface area contributed by atoms with Gasteiger partial charge in [0, 0.05) is 19.6 Å². The fourth-order valence-electron chi connectivity index (χ4n) is 0.652. The first-order valence-electron chi connectivity index (χ1n) is 3.84. The summed E-state index contributed by atoms with van der Waals surface area (Å²) in [4.78, 5) is 10.9. The molecule has 0 aliphatic carbocycles. The van der Waals surface area contributed by atoms with Crippen LogP contribution in [-0.2, 0) is 9.53 Å². The summed E-state index contributed by atoms with van der Waals surface area (Å²) < 4.78 is 4.60. The molecule has 0 aromatic rings. The van der Waals surface area contributed by atoms with E-state index in [2.05, 4.69) is 15.2 Å².